The van der Waals surface area contributed by atoms with Gasteiger partial charge >= 0.3 is 0 Å². The zero-order valence-electron chi connectivity index (χ0n) is 11.8. The third kappa shape index (κ3) is 2.89. The lowest BCUT2D eigenvalue weighted by Crippen LogP contribution is -2.23. The molecule has 2 heterocycles. The summed E-state index contributed by atoms with van der Waals surface area (Å²) in [6, 6.07) is 8.58. The van der Waals surface area contributed by atoms with E-state index >= 15 is 0 Å². The standard InChI is InChI=1S/C16H20ClN3/c1-20-10-3-4-12(8-11-20)19-15-7-6-14(17)16-13(15)5-2-9-18-16/h2,5-7,9,12,19H,3-4,8,10-11H2,1H3. The van der Waals surface area contributed by atoms with Crippen LogP contribution in [0.1, 0.15) is 19.3 Å². The molecule has 1 atom stereocenters. The van der Waals surface area contributed by atoms with Gasteiger partial charge in [0.1, 0.15) is 0 Å². The van der Waals surface area contributed by atoms with Gasteiger partial charge in [-0.3, -0.25) is 4.98 Å². The topological polar surface area (TPSA) is 28.2 Å². The van der Waals surface area contributed by atoms with Crippen molar-refractivity contribution < 1.29 is 0 Å². The summed E-state index contributed by atoms with van der Waals surface area (Å²) in [5.74, 6) is 0. The number of aromatic nitrogens is 1. The molecule has 2 aromatic rings. The maximum Gasteiger partial charge on any atom is 0.0908 e. The highest BCUT2D eigenvalue weighted by atomic mass is 35.5. The highest BCUT2D eigenvalue weighted by molar-refractivity contribution is 6.35. The van der Waals surface area contributed by atoms with Crippen LogP contribution in [0.2, 0.25) is 5.02 Å². The Kier molecular flexibility index (Phi) is 4.08. The fourth-order valence-electron chi connectivity index (χ4n) is 2.87. The molecule has 1 aromatic carbocycles. The minimum absolute atomic E-state index is 0.532. The Bertz CT molecular complexity index is 599. The zero-order chi connectivity index (χ0) is 13.9. The van der Waals surface area contributed by atoms with Gasteiger partial charge in [-0.2, -0.15) is 0 Å². The SMILES string of the molecule is CN1CCCC(Nc2ccc(Cl)c3ncccc23)CC1. The van der Waals surface area contributed by atoms with Gasteiger partial charge in [-0.25, -0.2) is 0 Å². The number of benzene rings is 1. The Morgan fingerprint density at radius 3 is 3.05 bits per heavy atom. The molecule has 3 rings (SSSR count). The number of anilines is 1. The molecule has 1 saturated heterocycles. The number of rotatable bonds is 2. The molecule has 1 unspecified atom stereocenters. The summed E-state index contributed by atoms with van der Waals surface area (Å²) in [6.45, 7) is 2.35. The van der Waals surface area contributed by atoms with Crippen LogP contribution in [0.25, 0.3) is 10.9 Å². The highest BCUT2D eigenvalue weighted by Gasteiger charge is 2.15. The number of halogens is 1. The molecule has 0 amide bonds. The molecule has 0 bridgehead atoms. The van der Waals surface area contributed by atoms with Crippen LogP contribution in [0.15, 0.2) is 30.5 Å². The number of pyridine rings is 1. The van der Waals surface area contributed by atoms with Crippen LogP contribution in [0.5, 0.6) is 0 Å². The highest BCUT2D eigenvalue weighted by Crippen LogP contribution is 2.29. The van der Waals surface area contributed by atoms with E-state index in [0.717, 1.165) is 23.1 Å². The Balaban J connectivity index is 1.85. The lowest BCUT2D eigenvalue weighted by atomic mass is 10.1. The van der Waals surface area contributed by atoms with E-state index in [0.29, 0.717) is 11.1 Å². The van der Waals surface area contributed by atoms with Crippen molar-refractivity contribution in [2.24, 2.45) is 0 Å². The first kappa shape index (κ1) is 13.7. The molecule has 1 fully saturated rings. The predicted molar refractivity (Wildman–Crippen MR) is 85.5 cm³/mol. The minimum atomic E-state index is 0.532. The van der Waals surface area contributed by atoms with Gasteiger partial charge in [-0.15, -0.1) is 0 Å². The lowest BCUT2D eigenvalue weighted by Gasteiger charge is -2.19. The molecule has 0 radical (unpaired) electrons. The molecule has 0 spiro atoms. The smallest absolute Gasteiger partial charge is 0.0908 e. The molecular formula is C16H20ClN3. The number of fused-ring (bicyclic) bond motifs is 1. The second-order valence-corrected chi connectivity index (χ2v) is 5.98. The predicted octanol–water partition coefficient (Wildman–Crippen LogP) is 3.78. The summed E-state index contributed by atoms with van der Waals surface area (Å²) in [4.78, 5) is 6.79. The summed E-state index contributed by atoms with van der Waals surface area (Å²) < 4.78 is 0. The van der Waals surface area contributed by atoms with Crippen molar-refractivity contribution in [1.29, 1.82) is 0 Å². The van der Waals surface area contributed by atoms with Crippen molar-refractivity contribution >= 4 is 28.2 Å². The third-order valence-electron chi connectivity index (χ3n) is 4.03. The average Bonchev–Trinajstić information content (AvgIpc) is 2.67. The van der Waals surface area contributed by atoms with E-state index in [2.05, 4.69) is 34.4 Å². The molecule has 106 valence electrons. The first-order chi connectivity index (χ1) is 9.74. The lowest BCUT2D eigenvalue weighted by molar-refractivity contribution is 0.348. The number of nitrogens with zero attached hydrogens (tertiary/aromatic N) is 2. The summed E-state index contributed by atoms with van der Waals surface area (Å²) in [6.07, 6.45) is 5.44. The summed E-state index contributed by atoms with van der Waals surface area (Å²) in [5, 5.41) is 5.51. The summed E-state index contributed by atoms with van der Waals surface area (Å²) in [7, 11) is 2.20. The van der Waals surface area contributed by atoms with Gasteiger partial charge in [0.05, 0.1) is 10.5 Å². The molecule has 3 nitrogen and oxygen atoms in total. The van der Waals surface area contributed by atoms with E-state index in [9.17, 15) is 0 Å². The molecule has 1 aliphatic rings. The number of hydrogen-bond acceptors (Lipinski definition) is 3. The number of likely N-dealkylation sites (tertiary alicyclic amines) is 1. The van der Waals surface area contributed by atoms with Crippen molar-refractivity contribution in [3.63, 3.8) is 0 Å². The van der Waals surface area contributed by atoms with Crippen LogP contribution >= 0.6 is 11.6 Å². The second kappa shape index (κ2) is 5.98. The third-order valence-corrected chi connectivity index (χ3v) is 4.34. The van der Waals surface area contributed by atoms with Crippen LogP contribution < -0.4 is 5.32 Å². The van der Waals surface area contributed by atoms with Gasteiger partial charge < -0.3 is 10.2 Å². The van der Waals surface area contributed by atoms with Gasteiger partial charge in [-0.05, 0) is 63.7 Å². The minimum Gasteiger partial charge on any atom is -0.382 e. The van der Waals surface area contributed by atoms with E-state index in [-0.39, 0.29) is 0 Å². The van der Waals surface area contributed by atoms with Crippen LogP contribution in [-0.4, -0.2) is 36.1 Å². The Hall–Kier alpha value is -1.32. The van der Waals surface area contributed by atoms with Crippen molar-refractivity contribution in [1.82, 2.24) is 9.88 Å². The van der Waals surface area contributed by atoms with E-state index in [1.807, 2.05) is 12.1 Å². The Labute approximate surface area is 124 Å². The molecule has 1 aromatic heterocycles. The van der Waals surface area contributed by atoms with E-state index in [1.165, 1.54) is 25.8 Å². The van der Waals surface area contributed by atoms with Gasteiger partial charge in [0.2, 0.25) is 0 Å². The molecule has 1 N–H and O–H groups in total. The molecule has 1 aliphatic heterocycles. The van der Waals surface area contributed by atoms with Crippen LogP contribution in [0.3, 0.4) is 0 Å². The van der Waals surface area contributed by atoms with E-state index in [4.69, 9.17) is 11.6 Å². The van der Waals surface area contributed by atoms with Crippen LogP contribution in [0, 0.1) is 0 Å². The first-order valence-electron chi connectivity index (χ1n) is 7.22. The van der Waals surface area contributed by atoms with Crippen molar-refractivity contribution in [3.05, 3.63) is 35.5 Å². The summed E-state index contributed by atoms with van der Waals surface area (Å²) >= 11 is 6.22. The zero-order valence-corrected chi connectivity index (χ0v) is 12.5. The molecule has 20 heavy (non-hydrogen) atoms. The summed E-state index contributed by atoms with van der Waals surface area (Å²) in [5.41, 5.74) is 2.02. The van der Waals surface area contributed by atoms with Crippen molar-refractivity contribution in [3.8, 4) is 0 Å². The molecular weight excluding hydrogens is 270 g/mol. The van der Waals surface area contributed by atoms with Gasteiger partial charge in [0.15, 0.2) is 0 Å². The van der Waals surface area contributed by atoms with Gasteiger partial charge in [-0.1, -0.05) is 11.6 Å². The maximum atomic E-state index is 6.22. The second-order valence-electron chi connectivity index (χ2n) is 5.57. The largest absolute Gasteiger partial charge is 0.382 e. The molecule has 0 aliphatic carbocycles. The molecule has 0 saturated carbocycles. The Morgan fingerprint density at radius 1 is 1.25 bits per heavy atom. The number of hydrogen-bond donors (Lipinski definition) is 1. The molecule has 4 heteroatoms. The van der Waals surface area contributed by atoms with E-state index in [1.54, 1.807) is 6.20 Å². The van der Waals surface area contributed by atoms with E-state index < -0.39 is 0 Å². The average molecular weight is 290 g/mol. The quantitative estimate of drug-likeness (QED) is 0.912. The van der Waals surface area contributed by atoms with Gasteiger partial charge in [0.25, 0.3) is 0 Å². The van der Waals surface area contributed by atoms with Crippen molar-refractivity contribution in [2.45, 2.75) is 25.3 Å². The van der Waals surface area contributed by atoms with Crippen molar-refractivity contribution in [2.75, 3.05) is 25.5 Å². The van der Waals surface area contributed by atoms with Crippen LogP contribution in [0.4, 0.5) is 5.69 Å². The monoisotopic (exact) mass is 289 g/mol. The fourth-order valence-corrected chi connectivity index (χ4v) is 3.08. The first-order valence-corrected chi connectivity index (χ1v) is 7.60. The normalized spacial score (nSPS) is 20.8. The van der Waals surface area contributed by atoms with Crippen LogP contribution in [-0.2, 0) is 0 Å². The fraction of sp³-hybridized carbons (Fsp3) is 0.438. The maximum absolute atomic E-state index is 6.22. The Morgan fingerprint density at radius 2 is 2.15 bits per heavy atom. The van der Waals surface area contributed by atoms with Gasteiger partial charge in [0, 0.05) is 23.3 Å². The number of nitrogens with one attached hydrogen (secondary N) is 1.